The van der Waals surface area contributed by atoms with Gasteiger partial charge in [0.05, 0.1) is 20.1 Å². The number of benzene rings is 1. The minimum absolute atomic E-state index is 0.0156. The topological polar surface area (TPSA) is 38.8 Å². The maximum Gasteiger partial charge on any atom is 0.307 e. The molecule has 0 aromatic heterocycles. The lowest BCUT2D eigenvalue weighted by molar-refractivity contribution is -0.141. The molecule has 106 valence electrons. The molecule has 0 aliphatic heterocycles. The van der Waals surface area contributed by atoms with Gasteiger partial charge in [-0.2, -0.15) is 0 Å². The van der Waals surface area contributed by atoms with Crippen molar-refractivity contribution in [2.24, 2.45) is 0 Å². The van der Waals surface area contributed by atoms with Gasteiger partial charge in [-0.15, -0.1) is 0 Å². The molecular formula is C15H23NO3. The Morgan fingerprint density at radius 3 is 2.53 bits per heavy atom. The van der Waals surface area contributed by atoms with Gasteiger partial charge in [0.25, 0.3) is 0 Å². The molecule has 4 heteroatoms. The van der Waals surface area contributed by atoms with E-state index < -0.39 is 0 Å². The van der Waals surface area contributed by atoms with E-state index in [1.54, 1.807) is 0 Å². The molecule has 4 nitrogen and oxygen atoms in total. The van der Waals surface area contributed by atoms with Crippen LogP contribution in [-0.2, 0) is 9.53 Å². The summed E-state index contributed by atoms with van der Waals surface area (Å²) in [6, 6.07) is 6.05. The van der Waals surface area contributed by atoms with Crippen molar-refractivity contribution in [2.75, 3.05) is 27.8 Å². The molecule has 1 rings (SSSR count). The zero-order valence-electron chi connectivity index (χ0n) is 12.4. The molecule has 1 atom stereocenters. The van der Waals surface area contributed by atoms with E-state index in [0.29, 0.717) is 13.0 Å². The minimum Gasteiger partial charge on any atom is -0.494 e. The highest BCUT2D eigenvalue weighted by molar-refractivity contribution is 5.70. The van der Waals surface area contributed by atoms with Gasteiger partial charge in [-0.3, -0.25) is 4.79 Å². The third kappa shape index (κ3) is 4.24. The van der Waals surface area contributed by atoms with Crippen LogP contribution in [0.3, 0.4) is 0 Å². The van der Waals surface area contributed by atoms with Crippen LogP contribution in [-0.4, -0.2) is 38.7 Å². The molecule has 0 saturated carbocycles. The molecule has 1 aromatic rings. The zero-order chi connectivity index (χ0) is 14.4. The first-order chi connectivity index (χ1) is 8.99. The molecule has 0 heterocycles. The number of esters is 1. The number of hydrogen-bond donors (Lipinski definition) is 0. The van der Waals surface area contributed by atoms with Crippen molar-refractivity contribution in [1.82, 2.24) is 4.90 Å². The summed E-state index contributed by atoms with van der Waals surface area (Å²) in [4.78, 5) is 13.5. The number of aryl methyl sites for hydroxylation is 1. The van der Waals surface area contributed by atoms with Crippen molar-refractivity contribution in [3.63, 3.8) is 0 Å². The van der Waals surface area contributed by atoms with E-state index >= 15 is 0 Å². The average molecular weight is 265 g/mol. The van der Waals surface area contributed by atoms with Gasteiger partial charge < -0.3 is 14.4 Å². The van der Waals surface area contributed by atoms with Crippen LogP contribution >= 0.6 is 0 Å². The van der Waals surface area contributed by atoms with E-state index in [1.807, 2.05) is 45.0 Å². The van der Waals surface area contributed by atoms with E-state index in [0.717, 1.165) is 16.9 Å². The summed E-state index contributed by atoms with van der Waals surface area (Å²) >= 11 is 0. The summed E-state index contributed by atoms with van der Waals surface area (Å²) in [6.07, 6.45) is 0.344. The van der Waals surface area contributed by atoms with Gasteiger partial charge in [0.2, 0.25) is 0 Å². The number of ether oxygens (including phenoxy) is 2. The predicted octanol–water partition coefficient (Wildman–Crippen LogP) is 2.56. The van der Waals surface area contributed by atoms with Crippen LogP contribution in [0.5, 0.6) is 5.75 Å². The Hall–Kier alpha value is -1.55. The van der Waals surface area contributed by atoms with Crippen LogP contribution in [0.25, 0.3) is 0 Å². The third-order valence-electron chi connectivity index (χ3n) is 3.09. The Kier molecular flexibility index (Phi) is 5.83. The lowest BCUT2D eigenvalue weighted by Crippen LogP contribution is -2.23. The second kappa shape index (κ2) is 7.14. The molecule has 0 fully saturated rings. The normalized spacial score (nSPS) is 12.3. The highest BCUT2D eigenvalue weighted by Crippen LogP contribution is 2.27. The number of methoxy groups -OCH3 is 1. The Balaban J connectivity index is 2.97. The summed E-state index contributed by atoms with van der Waals surface area (Å²) in [5.74, 6) is 0.687. The van der Waals surface area contributed by atoms with Crippen molar-refractivity contribution >= 4 is 5.97 Å². The first kappa shape index (κ1) is 15.5. The first-order valence-electron chi connectivity index (χ1n) is 6.46. The van der Waals surface area contributed by atoms with E-state index in [9.17, 15) is 4.79 Å². The van der Waals surface area contributed by atoms with Gasteiger partial charge >= 0.3 is 5.97 Å². The molecular weight excluding hydrogens is 242 g/mol. The fraction of sp³-hybridized carbons (Fsp3) is 0.533. The molecule has 19 heavy (non-hydrogen) atoms. The maximum absolute atomic E-state index is 11.5. The Morgan fingerprint density at radius 2 is 2.05 bits per heavy atom. The van der Waals surface area contributed by atoms with Crippen LogP contribution in [0.15, 0.2) is 18.2 Å². The summed E-state index contributed by atoms with van der Waals surface area (Å²) < 4.78 is 10.3. The summed E-state index contributed by atoms with van der Waals surface area (Å²) in [5, 5.41) is 0. The standard InChI is InChI=1S/C15H23NO3/c1-6-19-14-8-7-12(9-11(14)2)13(16(3)4)10-15(17)18-5/h7-9,13H,6,10H2,1-5H3. The monoisotopic (exact) mass is 265 g/mol. The third-order valence-corrected chi connectivity index (χ3v) is 3.09. The molecule has 1 unspecified atom stereocenters. The van der Waals surface area contributed by atoms with Crippen molar-refractivity contribution < 1.29 is 14.3 Å². The lowest BCUT2D eigenvalue weighted by atomic mass is 10.0. The fourth-order valence-electron chi connectivity index (χ4n) is 2.04. The highest BCUT2D eigenvalue weighted by atomic mass is 16.5. The smallest absolute Gasteiger partial charge is 0.307 e. The SMILES string of the molecule is CCOc1ccc(C(CC(=O)OC)N(C)C)cc1C. The van der Waals surface area contributed by atoms with Crippen molar-refractivity contribution in [1.29, 1.82) is 0 Å². The van der Waals surface area contributed by atoms with E-state index in [2.05, 4.69) is 6.07 Å². The van der Waals surface area contributed by atoms with Gasteiger partial charge in [-0.05, 0) is 45.1 Å². The van der Waals surface area contributed by atoms with Crippen LogP contribution in [0, 0.1) is 6.92 Å². The van der Waals surface area contributed by atoms with Gasteiger partial charge in [0.1, 0.15) is 5.75 Å². The first-order valence-corrected chi connectivity index (χ1v) is 6.46. The van der Waals surface area contributed by atoms with Crippen molar-refractivity contribution in [3.8, 4) is 5.75 Å². The quantitative estimate of drug-likeness (QED) is 0.741. The van der Waals surface area contributed by atoms with Gasteiger partial charge in [-0.1, -0.05) is 12.1 Å². The van der Waals surface area contributed by atoms with Crippen molar-refractivity contribution in [3.05, 3.63) is 29.3 Å². The molecule has 0 radical (unpaired) electrons. The van der Waals surface area contributed by atoms with E-state index in [4.69, 9.17) is 9.47 Å². The van der Waals surface area contributed by atoms with Crippen LogP contribution in [0.4, 0.5) is 0 Å². The number of rotatable bonds is 6. The fourth-order valence-corrected chi connectivity index (χ4v) is 2.04. The lowest BCUT2D eigenvalue weighted by Gasteiger charge is -2.24. The van der Waals surface area contributed by atoms with Crippen LogP contribution < -0.4 is 4.74 Å². The number of carbonyl (C=O) groups excluding carboxylic acids is 1. The van der Waals surface area contributed by atoms with Crippen LogP contribution in [0.2, 0.25) is 0 Å². The van der Waals surface area contributed by atoms with Crippen LogP contribution in [0.1, 0.15) is 30.5 Å². The maximum atomic E-state index is 11.5. The summed E-state index contributed by atoms with van der Waals surface area (Å²) in [6.45, 7) is 4.63. The molecule has 0 aliphatic rings. The highest BCUT2D eigenvalue weighted by Gasteiger charge is 2.19. The largest absolute Gasteiger partial charge is 0.494 e. The number of hydrogen-bond acceptors (Lipinski definition) is 4. The Morgan fingerprint density at radius 1 is 1.37 bits per heavy atom. The second-order valence-corrected chi connectivity index (χ2v) is 4.72. The second-order valence-electron chi connectivity index (χ2n) is 4.72. The molecule has 0 bridgehead atoms. The van der Waals surface area contributed by atoms with E-state index in [1.165, 1.54) is 7.11 Å². The molecule has 0 saturated heterocycles. The Bertz CT molecular complexity index is 429. The summed E-state index contributed by atoms with van der Waals surface area (Å²) in [5.41, 5.74) is 2.17. The number of nitrogens with zero attached hydrogens (tertiary/aromatic N) is 1. The summed E-state index contributed by atoms with van der Waals surface area (Å²) in [7, 11) is 5.33. The van der Waals surface area contributed by atoms with Gasteiger partial charge in [0.15, 0.2) is 0 Å². The Labute approximate surface area is 115 Å². The average Bonchev–Trinajstić information content (AvgIpc) is 2.38. The van der Waals surface area contributed by atoms with Gasteiger partial charge in [-0.25, -0.2) is 0 Å². The van der Waals surface area contributed by atoms with Gasteiger partial charge in [0, 0.05) is 6.04 Å². The zero-order valence-corrected chi connectivity index (χ0v) is 12.4. The molecule has 0 spiro atoms. The number of carbonyl (C=O) groups is 1. The molecule has 0 aliphatic carbocycles. The molecule has 0 N–H and O–H groups in total. The molecule has 1 aromatic carbocycles. The van der Waals surface area contributed by atoms with Crippen molar-refractivity contribution in [2.45, 2.75) is 26.3 Å². The molecule has 0 amide bonds. The predicted molar refractivity (Wildman–Crippen MR) is 75.4 cm³/mol. The minimum atomic E-state index is -0.203. The van der Waals surface area contributed by atoms with E-state index in [-0.39, 0.29) is 12.0 Å².